The van der Waals surface area contributed by atoms with Gasteiger partial charge in [-0.25, -0.2) is 9.59 Å². The van der Waals surface area contributed by atoms with Crippen molar-refractivity contribution < 1.29 is 28.6 Å². The van der Waals surface area contributed by atoms with Gasteiger partial charge in [-0.05, 0) is 38.8 Å². The van der Waals surface area contributed by atoms with Gasteiger partial charge in [-0.1, -0.05) is 60.7 Å². The number of ether oxygens (including phenoxy) is 3. The Kier molecular flexibility index (Phi) is 8.19. The summed E-state index contributed by atoms with van der Waals surface area (Å²) in [5, 5.41) is 2.42. The number of hydrogen-bond acceptors (Lipinski definition) is 6. The van der Waals surface area contributed by atoms with Crippen LogP contribution < -0.4 is 5.32 Å². The lowest BCUT2D eigenvalue weighted by Gasteiger charge is -2.26. The number of rotatable bonds is 7. The summed E-state index contributed by atoms with van der Waals surface area (Å²) in [4.78, 5) is 37.5. The number of hydrogen-bond donors (Lipinski definition) is 1. The SMILES string of the molecule is COC(=O)[C@H](NC(=O)OC(C)(C)C)[C@H](C)C(=O)OC(c1ccccc1)c1ccccc1. The fourth-order valence-corrected chi connectivity index (χ4v) is 2.89. The molecule has 0 aliphatic heterocycles. The summed E-state index contributed by atoms with van der Waals surface area (Å²) in [6.45, 7) is 6.58. The quantitative estimate of drug-likeness (QED) is 0.530. The van der Waals surface area contributed by atoms with Gasteiger partial charge < -0.3 is 19.5 Å². The van der Waals surface area contributed by atoms with Crippen molar-refractivity contribution >= 4 is 18.0 Å². The maximum atomic E-state index is 13.0. The number of nitrogens with one attached hydrogen (secondary N) is 1. The molecule has 2 atom stereocenters. The number of carbonyl (C=O) groups excluding carboxylic acids is 3. The van der Waals surface area contributed by atoms with Crippen molar-refractivity contribution in [2.45, 2.75) is 45.4 Å². The van der Waals surface area contributed by atoms with Gasteiger partial charge >= 0.3 is 18.0 Å². The van der Waals surface area contributed by atoms with Gasteiger partial charge in [0.15, 0.2) is 6.10 Å². The first-order chi connectivity index (χ1) is 14.6. The highest BCUT2D eigenvalue weighted by atomic mass is 16.6. The van der Waals surface area contributed by atoms with Crippen molar-refractivity contribution in [3.8, 4) is 0 Å². The number of esters is 2. The molecule has 0 fully saturated rings. The highest BCUT2D eigenvalue weighted by molar-refractivity contribution is 5.87. The van der Waals surface area contributed by atoms with Crippen LogP contribution in [0.2, 0.25) is 0 Å². The summed E-state index contributed by atoms with van der Waals surface area (Å²) in [7, 11) is 1.18. The smallest absolute Gasteiger partial charge is 0.408 e. The van der Waals surface area contributed by atoms with Crippen LogP contribution in [-0.4, -0.2) is 36.8 Å². The predicted octanol–water partition coefficient (Wildman–Crippen LogP) is 4.02. The third kappa shape index (κ3) is 7.13. The number of amides is 1. The summed E-state index contributed by atoms with van der Waals surface area (Å²) >= 11 is 0. The van der Waals surface area contributed by atoms with Gasteiger partial charge in [-0.2, -0.15) is 0 Å². The third-order valence-corrected chi connectivity index (χ3v) is 4.44. The van der Waals surface area contributed by atoms with E-state index in [2.05, 4.69) is 5.32 Å². The van der Waals surface area contributed by atoms with E-state index in [1.54, 1.807) is 20.8 Å². The third-order valence-electron chi connectivity index (χ3n) is 4.44. The lowest BCUT2D eigenvalue weighted by atomic mass is 9.99. The highest BCUT2D eigenvalue weighted by Crippen LogP contribution is 2.27. The zero-order valence-corrected chi connectivity index (χ0v) is 18.5. The average molecular weight is 427 g/mol. The maximum Gasteiger partial charge on any atom is 0.408 e. The fraction of sp³-hybridized carbons (Fsp3) is 0.375. The normalized spacial score (nSPS) is 13.1. The van der Waals surface area contributed by atoms with Crippen LogP contribution >= 0.6 is 0 Å². The Hall–Kier alpha value is -3.35. The lowest BCUT2D eigenvalue weighted by molar-refractivity contribution is -0.158. The Morgan fingerprint density at radius 1 is 0.839 bits per heavy atom. The molecule has 1 N–H and O–H groups in total. The Morgan fingerprint density at radius 2 is 1.32 bits per heavy atom. The van der Waals surface area contributed by atoms with E-state index in [-0.39, 0.29) is 0 Å². The van der Waals surface area contributed by atoms with E-state index in [4.69, 9.17) is 14.2 Å². The average Bonchev–Trinajstić information content (AvgIpc) is 2.74. The molecule has 0 aromatic heterocycles. The highest BCUT2D eigenvalue weighted by Gasteiger charge is 2.36. The monoisotopic (exact) mass is 427 g/mol. The minimum absolute atomic E-state index is 0.663. The molecule has 2 aromatic rings. The van der Waals surface area contributed by atoms with Crippen molar-refractivity contribution in [2.75, 3.05) is 7.11 Å². The lowest BCUT2D eigenvalue weighted by Crippen LogP contribution is -2.50. The molecule has 0 aliphatic carbocycles. The Balaban J connectivity index is 2.23. The molecule has 0 aliphatic rings. The van der Waals surface area contributed by atoms with Crippen molar-refractivity contribution in [1.82, 2.24) is 5.32 Å². The number of carbonyl (C=O) groups is 3. The van der Waals surface area contributed by atoms with Crippen molar-refractivity contribution in [3.05, 3.63) is 71.8 Å². The van der Waals surface area contributed by atoms with Gasteiger partial charge in [0.25, 0.3) is 0 Å². The zero-order chi connectivity index (χ0) is 23.0. The van der Waals surface area contributed by atoms with Crippen molar-refractivity contribution in [2.24, 2.45) is 5.92 Å². The van der Waals surface area contributed by atoms with E-state index in [9.17, 15) is 14.4 Å². The second-order valence-electron chi connectivity index (χ2n) is 8.07. The van der Waals surface area contributed by atoms with Crippen LogP contribution in [0.5, 0.6) is 0 Å². The van der Waals surface area contributed by atoms with Gasteiger partial charge in [0.1, 0.15) is 11.6 Å². The van der Waals surface area contributed by atoms with Crippen LogP contribution in [0.1, 0.15) is 44.9 Å². The fourth-order valence-electron chi connectivity index (χ4n) is 2.89. The van der Waals surface area contributed by atoms with E-state index in [1.807, 2.05) is 60.7 Å². The number of benzene rings is 2. The second-order valence-corrected chi connectivity index (χ2v) is 8.07. The molecule has 7 heteroatoms. The molecular weight excluding hydrogens is 398 g/mol. The molecular formula is C24H29NO6. The molecule has 2 aromatic carbocycles. The van der Waals surface area contributed by atoms with Crippen LogP contribution in [0.3, 0.4) is 0 Å². The first-order valence-electron chi connectivity index (χ1n) is 10.00. The summed E-state index contributed by atoms with van der Waals surface area (Å²) in [5.74, 6) is -2.45. The Bertz CT molecular complexity index is 836. The van der Waals surface area contributed by atoms with Gasteiger partial charge in [-0.15, -0.1) is 0 Å². The van der Waals surface area contributed by atoms with Crippen LogP contribution in [0.15, 0.2) is 60.7 Å². The molecule has 1 amide bonds. The van der Waals surface area contributed by atoms with Gasteiger partial charge in [0.05, 0.1) is 13.0 Å². The predicted molar refractivity (Wildman–Crippen MR) is 115 cm³/mol. The molecule has 31 heavy (non-hydrogen) atoms. The second kappa shape index (κ2) is 10.6. The van der Waals surface area contributed by atoms with E-state index in [1.165, 1.54) is 14.0 Å². The minimum atomic E-state index is -1.26. The molecule has 0 bridgehead atoms. The molecule has 2 rings (SSSR count). The van der Waals surface area contributed by atoms with Gasteiger partial charge in [0.2, 0.25) is 0 Å². The van der Waals surface area contributed by atoms with Gasteiger partial charge in [0, 0.05) is 0 Å². The molecule has 0 saturated heterocycles. The Labute approximate surface area is 182 Å². The van der Waals surface area contributed by atoms with Crippen LogP contribution in [-0.2, 0) is 23.8 Å². The first kappa shape index (κ1) is 23.9. The Morgan fingerprint density at radius 3 is 1.74 bits per heavy atom. The van der Waals surface area contributed by atoms with E-state index >= 15 is 0 Å². The number of methoxy groups -OCH3 is 1. The van der Waals surface area contributed by atoms with Crippen LogP contribution in [0.4, 0.5) is 4.79 Å². The standard InChI is InChI=1S/C24H29NO6/c1-16(19(22(27)29-5)25-23(28)31-24(2,3)4)21(26)30-20(17-12-8-6-9-13-17)18-14-10-7-11-15-18/h6-16,19-20H,1-5H3,(H,25,28)/t16-,19+/m0/s1. The molecule has 7 nitrogen and oxygen atoms in total. The number of alkyl carbamates (subject to hydrolysis) is 1. The van der Waals surface area contributed by atoms with Crippen LogP contribution in [0.25, 0.3) is 0 Å². The molecule has 0 spiro atoms. The van der Waals surface area contributed by atoms with Crippen molar-refractivity contribution in [3.63, 3.8) is 0 Å². The largest absolute Gasteiger partial charge is 0.467 e. The zero-order valence-electron chi connectivity index (χ0n) is 18.5. The van der Waals surface area contributed by atoms with E-state index in [0.29, 0.717) is 0 Å². The van der Waals surface area contributed by atoms with Gasteiger partial charge in [-0.3, -0.25) is 4.79 Å². The van der Waals surface area contributed by atoms with E-state index in [0.717, 1.165) is 11.1 Å². The molecule has 0 radical (unpaired) electrons. The summed E-state index contributed by atoms with van der Waals surface area (Å²) in [5.41, 5.74) is 0.799. The topological polar surface area (TPSA) is 90.9 Å². The molecule has 166 valence electrons. The molecule has 0 unspecified atom stereocenters. The summed E-state index contributed by atoms with van der Waals surface area (Å²) in [6.07, 6.45) is -1.50. The molecule has 0 heterocycles. The summed E-state index contributed by atoms with van der Waals surface area (Å²) in [6, 6.07) is 17.3. The molecule has 0 saturated carbocycles. The van der Waals surface area contributed by atoms with Crippen LogP contribution in [0, 0.1) is 5.92 Å². The van der Waals surface area contributed by atoms with Crippen molar-refractivity contribution in [1.29, 1.82) is 0 Å². The maximum absolute atomic E-state index is 13.0. The van der Waals surface area contributed by atoms with E-state index < -0.39 is 41.7 Å². The summed E-state index contributed by atoms with van der Waals surface area (Å²) < 4.78 is 15.8. The first-order valence-corrected chi connectivity index (χ1v) is 10.00. The minimum Gasteiger partial charge on any atom is -0.467 e.